The van der Waals surface area contributed by atoms with Crippen LogP contribution < -0.4 is 5.73 Å². The van der Waals surface area contributed by atoms with Crippen LogP contribution in [0.5, 0.6) is 0 Å². The van der Waals surface area contributed by atoms with E-state index in [2.05, 4.69) is 35.0 Å². The summed E-state index contributed by atoms with van der Waals surface area (Å²) in [5.41, 5.74) is 11.5. The van der Waals surface area contributed by atoms with Crippen LogP contribution in [-0.2, 0) is 18.3 Å². The van der Waals surface area contributed by atoms with Crippen molar-refractivity contribution in [1.82, 2.24) is 34.1 Å². The molecule has 1 amide bonds. The average Bonchev–Trinajstić information content (AvgIpc) is 3.51. The summed E-state index contributed by atoms with van der Waals surface area (Å²) in [6.45, 7) is 4.26. The van der Waals surface area contributed by atoms with E-state index in [9.17, 15) is 4.79 Å². The fourth-order valence-corrected chi connectivity index (χ4v) is 3.98. The van der Waals surface area contributed by atoms with Gasteiger partial charge < -0.3 is 10.3 Å². The van der Waals surface area contributed by atoms with Crippen molar-refractivity contribution in [2.75, 3.05) is 0 Å². The molecule has 5 aromatic rings. The number of hydrogen-bond acceptors (Lipinski definition) is 5. The van der Waals surface area contributed by atoms with Gasteiger partial charge in [0.15, 0.2) is 0 Å². The number of hydrogen-bond donors (Lipinski definition) is 1. The predicted octanol–water partition coefficient (Wildman–Crippen LogP) is 3.16. The molecule has 0 saturated carbocycles. The zero-order valence-corrected chi connectivity index (χ0v) is 18.7. The van der Waals surface area contributed by atoms with Crippen LogP contribution in [0, 0.1) is 0 Å². The Balaban J connectivity index is 1.63. The smallest absolute Gasteiger partial charge is 0.223 e. The minimum absolute atomic E-state index is 0.113. The third kappa shape index (κ3) is 3.78. The first-order valence-electron chi connectivity index (χ1n) is 10.7. The van der Waals surface area contributed by atoms with Crippen molar-refractivity contribution < 1.29 is 4.79 Å². The number of rotatable bonds is 6. The topological polar surface area (TPSA) is 109 Å². The quantitative estimate of drug-likeness (QED) is 0.436. The van der Waals surface area contributed by atoms with Crippen LogP contribution in [-0.4, -0.2) is 40.0 Å². The Morgan fingerprint density at radius 3 is 2.61 bits per heavy atom. The molecule has 0 aliphatic rings. The number of carbonyl (C=O) groups is 1. The normalized spacial score (nSPS) is 11.5. The highest BCUT2D eigenvalue weighted by Gasteiger charge is 2.19. The molecule has 0 unspecified atom stereocenters. The van der Waals surface area contributed by atoms with Crippen molar-refractivity contribution >= 4 is 16.8 Å². The van der Waals surface area contributed by atoms with Crippen LogP contribution in [0.15, 0.2) is 61.4 Å². The van der Waals surface area contributed by atoms with E-state index < -0.39 is 5.91 Å². The first-order valence-corrected chi connectivity index (χ1v) is 10.7. The zero-order valence-electron chi connectivity index (χ0n) is 18.7. The van der Waals surface area contributed by atoms with Crippen LogP contribution in [0.1, 0.15) is 31.2 Å². The van der Waals surface area contributed by atoms with Crippen LogP contribution in [0.2, 0.25) is 0 Å². The fourth-order valence-electron chi connectivity index (χ4n) is 3.98. The number of carbonyl (C=O) groups excluding carboxylic acids is 1. The highest BCUT2D eigenvalue weighted by Crippen LogP contribution is 2.32. The maximum Gasteiger partial charge on any atom is 0.223 e. The fraction of sp³-hybridized carbons (Fsp3) is 0.208. The number of imidazole rings is 1. The summed E-state index contributed by atoms with van der Waals surface area (Å²) in [7, 11) is 1.89. The number of fused-ring (bicyclic) bond motifs is 1. The summed E-state index contributed by atoms with van der Waals surface area (Å²) in [6, 6.07) is 9.85. The van der Waals surface area contributed by atoms with E-state index in [-0.39, 0.29) is 12.3 Å². The van der Waals surface area contributed by atoms with Crippen LogP contribution >= 0.6 is 0 Å². The lowest BCUT2D eigenvalue weighted by Gasteiger charge is -2.08. The molecule has 0 atom stereocenters. The van der Waals surface area contributed by atoms with Gasteiger partial charge in [0, 0.05) is 36.1 Å². The third-order valence-corrected chi connectivity index (χ3v) is 5.53. The van der Waals surface area contributed by atoms with Gasteiger partial charge in [-0.25, -0.2) is 9.67 Å². The lowest BCUT2D eigenvalue weighted by molar-refractivity contribution is -0.117. The highest BCUT2D eigenvalue weighted by atomic mass is 16.1. The van der Waals surface area contributed by atoms with Gasteiger partial charge in [0.25, 0.3) is 0 Å². The van der Waals surface area contributed by atoms with E-state index in [1.165, 1.54) is 0 Å². The van der Waals surface area contributed by atoms with Crippen LogP contribution in [0.3, 0.4) is 0 Å². The Bertz CT molecular complexity index is 1460. The van der Waals surface area contributed by atoms with Crippen molar-refractivity contribution in [3.63, 3.8) is 0 Å². The second kappa shape index (κ2) is 8.01. The molecular formula is C24H24N8O. The van der Waals surface area contributed by atoms with E-state index in [0.29, 0.717) is 5.69 Å². The molecular weight excluding hydrogens is 416 g/mol. The van der Waals surface area contributed by atoms with Crippen molar-refractivity contribution in [2.24, 2.45) is 12.8 Å². The first kappa shape index (κ1) is 20.6. The predicted molar refractivity (Wildman–Crippen MR) is 125 cm³/mol. The second-order valence-electron chi connectivity index (χ2n) is 8.34. The molecule has 4 heterocycles. The molecule has 166 valence electrons. The summed E-state index contributed by atoms with van der Waals surface area (Å²) < 4.78 is 5.68. The third-order valence-electron chi connectivity index (χ3n) is 5.53. The molecule has 9 nitrogen and oxygen atoms in total. The minimum atomic E-state index is -0.405. The van der Waals surface area contributed by atoms with Crippen molar-refractivity contribution in [1.29, 1.82) is 0 Å². The van der Waals surface area contributed by atoms with Gasteiger partial charge in [-0.05, 0) is 30.2 Å². The number of nitrogens with two attached hydrogens (primary N) is 1. The number of aromatic nitrogens is 7. The van der Waals surface area contributed by atoms with Gasteiger partial charge in [-0.1, -0.05) is 19.9 Å². The summed E-state index contributed by atoms with van der Waals surface area (Å²) in [5.74, 6) is -0.198. The zero-order chi connectivity index (χ0) is 23.1. The summed E-state index contributed by atoms with van der Waals surface area (Å²) in [6.07, 6.45) is 9.41. The number of pyridine rings is 1. The van der Waals surface area contributed by atoms with Gasteiger partial charge in [-0.2, -0.15) is 10.2 Å². The lowest BCUT2D eigenvalue weighted by atomic mass is 10.0. The van der Waals surface area contributed by atoms with Gasteiger partial charge in [-0.3, -0.25) is 14.5 Å². The van der Waals surface area contributed by atoms with Gasteiger partial charge in [0.05, 0.1) is 53.4 Å². The Hall–Kier alpha value is -4.27. The number of amides is 1. The molecule has 2 N–H and O–H groups in total. The minimum Gasteiger partial charge on any atom is -0.369 e. The summed E-state index contributed by atoms with van der Waals surface area (Å²) >= 11 is 0. The SMILES string of the molecule is CC(C)c1nn(-c2ccc(CC(N)=O)nc2)c2cccc(-n3cnc(-c4cnn(C)c4)c3)c12. The van der Waals surface area contributed by atoms with Gasteiger partial charge in [0.1, 0.15) is 0 Å². The molecule has 0 radical (unpaired) electrons. The van der Waals surface area contributed by atoms with E-state index in [4.69, 9.17) is 10.8 Å². The van der Waals surface area contributed by atoms with Gasteiger partial charge in [0.2, 0.25) is 5.91 Å². The second-order valence-corrected chi connectivity index (χ2v) is 8.34. The highest BCUT2D eigenvalue weighted by molar-refractivity contribution is 5.92. The van der Waals surface area contributed by atoms with Crippen molar-refractivity contribution in [2.45, 2.75) is 26.2 Å². The number of aryl methyl sites for hydroxylation is 1. The van der Waals surface area contributed by atoms with E-state index in [0.717, 1.165) is 39.2 Å². The Labute approximate surface area is 190 Å². The molecule has 0 aliphatic heterocycles. The summed E-state index contributed by atoms with van der Waals surface area (Å²) in [5, 5.41) is 10.2. The molecule has 4 aromatic heterocycles. The molecule has 5 rings (SSSR count). The number of primary amides is 1. The molecule has 9 heteroatoms. The monoisotopic (exact) mass is 440 g/mol. The van der Waals surface area contributed by atoms with E-state index in [1.807, 2.05) is 59.3 Å². The molecule has 0 fully saturated rings. The van der Waals surface area contributed by atoms with Crippen LogP contribution in [0.4, 0.5) is 0 Å². The van der Waals surface area contributed by atoms with E-state index >= 15 is 0 Å². The molecule has 0 spiro atoms. The number of nitrogens with zero attached hydrogens (tertiary/aromatic N) is 7. The van der Waals surface area contributed by atoms with Gasteiger partial charge >= 0.3 is 0 Å². The first-order chi connectivity index (χ1) is 15.9. The maximum atomic E-state index is 11.2. The molecule has 0 aliphatic carbocycles. The Morgan fingerprint density at radius 1 is 1.09 bits per heavy atom. The van der Waals surface area contributed by atoms with Crippen molar-refractivity contribution in [3.05, 3.63) is 72.8 Å². The molecule has 1 aromatic carbocycles. The molecule has 0 bridgehead atoms. The molecule has 0 saturated heterocycles. The maximum absolute atomic E-state index is 11.2. The van der Waals surface area contributed by atoms with Gasteiger partial charge in [-0.15, -0.1) is 0 Å². The Morgan fingerprint density at radius 2 is 1.94 bits per heavy atom. The standard InChI is InChI=1S/C24H24N8O/c1-15(2)24-23-20(31-13-19(27-14-31)16-10-28-30(3)12-16)5-4-6-21(23)32(29-24)18-8-7-17(26-11-18)9-22(25)33/h4-8,10-15H,9H2,1-3H3,(H2,25,33). The van der Waals surface area contributed by atoms with E-state index in [1.54, 1.807) is 17.1 Å². The van der Waals surface area contributed by atoms with Crippen LogP contribution in [0.25, 0.3) is 33.5 Å². The largest absolute Gasteiger partial charge is 0.369 e. The Kier molecular flexibility index (Phi) is 5.01. The number of benzene rings is 1. The summed E-state index contributed by atoms with van der Waals surface area (Å²) in [4.78, 5) is 20.2. The molecule has 33 heavy (non-hydrogen) atoms. The lowest BCUT2D eigenvalue weighted by Crippen LogP contribution is -2.14. The van der Waals surface area contributed by atoms with Crippen molar-refractivity contribution in [3.8, 4) is 22.6 Å². The average molecular weight is 441 g/mol.